The minimum atomic E-state index is -0.789. The molecule has 16 atom stereocenters. The molecule has 0 amide bonds. The van der Waals surface area contributed by atoms with Crippen molar-refractivity contribution in [2.24, 2.45) is 47.3 Å². The highest BCUT2D eigenvalue weighted by Crippen LogP contribution is 2.62. The van der Waals surface area contributed by atoms with Gasteiger partial charge in [-0.25, -0.2) is 19.6 Å². The number of ether oxygens (including phenoxy) is 6. The third kappa shape index (κ3) is 4.88. The normalized spacial score (nSPS) is 53.8. The van der Waals surface area contributed by atoms with Crippen LogP contribution in [0.3, 0.4) is 0 Å². The first-order valence-corrected chi connectivity index (χ1v) is 18.7. The van der Waals surface area contributed by atoms with Crippen molar-refractivity contribution >= 4 is 0 Å². The molecule has 10 aliphatic rings. The first-order valence-electron chi connectivity index (χ1n) is 18.7. The SMILES string of the molecule is C[C@H]1C(OCc2ccc(COC3OC4OC5(C)CCC6[C@H](C)CCC([C@H]3C)[C@@]46OO5)cc2)OC2O[C@]3(C)CCC4[C@H](C)CCC1[C@]24OO3. The van der Waals surface area contributed by atoms with Crippen LogP contribution in [0.25, 0.3) is 0 Å². The average molecular weight is 671 g/mol. The van der Waals surface area contributed by atoms with E-state index in [1.54, 1.807) is 0 Å². The van der Waals surface area contributed by atoms with Gasteiger partial charge in [0.25, 0.3) is 0 Å². The van der Waals surface area contributed by atoms with Gasteiger partial charge < -0.3 is 28.4 Å². The van der Waals surface area contributed by atoms with Crippen LogP contribution < -0.4 is 0 Å². The summed E-state index contributed by atoms with van der Waals surface area (Å²) in [7, 11) is 0. The Morgan fingerprint density at radius 1 is 0.562 bits per heavy atom. The fourth-order valence-electron chi connectivity index (χ4n) is 11.2. The number of hydrogen-bond acceptors (Lipinski definition) is 10. The van der Waals surface area contributed by atoms with Crippen LogP contribution in [-0.2, 0) is 61.2 Å². The van der Waals surface area contributed by atoms with Crippen molar-refractivity contribution in [3.8, 4) is 0 Å². The second kappa shape index (κ2) is 11.7. The van der Waals surface area contributed by atoms with Crippen molar-refractivity contribution in [2.75, 3.05) is 0 Å². The predicted octanol–water partition coefficient (Wildman–Crippen LogP) is 7.14. The highest BCUT2D eigenvalue weighted by atomic mass is 17.3. The van der Waals surface area contributed by atoms with Crippen LogP contribution in [0.5, 0.6) is 0 Å². The lowest BCUT2D eigenvalue weighted by atomic mass is 9.58. The molecule has 2 spiro atoms. The Morgan fingerprint density at radius 3 is 1.40 bits per heavy atom. The third-order valence-electron chi connectivity index (χ3n) is 14.0. The summed E-state index contributed by atoms with van der Waals surface area (Å²) in [5.74, 6) is 0.950. The Kier molecular flexibility index (Phi) is 7.95. The summed E-state index contributed by atoms with van der Waals surface area (Å²) in [6.07, 6.45) is 6.32. The van der Waals surface area contributed by atoms with Crippen LogP contribution in [0.2, 0.25) is 0 Å². The lowest BCUT2D eigenvalue weighted by Crippen LogP contribution is -2.70. The molecule has 4 bridgehead atoms. The van der Waals surface area contributed by atoms with E-state index >= 15 is 0 Å². The summed E-state index contributed by atoms with van der Waals surface area (Å²) in [5.41, 5.74) is 1.01. The molecule has 1 aromatic carbocycles. The first-order chi connectivity index (χ1) is 23.0. The topological polar surface area (TPSA) is 92.3 Å². The zero-order valence-corrected chi connectivity index (χ0v) is 29.4. The highest BCUT2D eigenvalue weighted by molar-refractivity contribution is 5.22. The van der Waals surface area contributed by atoms with E-state index in [9.17, 15) is 0 Å². The maximum atomic E-state index is 6.61. The molecule has 8 aliphatic heterocycles. The van der Waals surface area contributed by atoms with Crippen LogP contribution in [0.1, 0.15) is 104 Å². The van der Waals surface area contributed by atoms with E-state index in [2.05, 4.69) is 52.0 Å². The summed E-state index contributed by atoms with van der Waals surface area (Å²) in [6.45, 7) is 13.9. The number of benzene rings is 1. The largest absolute Gasteiger partial charge is 0.348 e. The molecule has 2 saturated carbocycles. The number of rotatable bonds is 6. The second-order valence-corrected chi connectivity index (χ2v) is 17.0. The molecule has 10 nitrogen and oxygen atoms in total. The van der Waals surface area contributed by atoms with Gasteiger partial charge in [0, 0.05) is 36.5 Å². The van der Waals surface area contributed by atoms with Gasteiger partial charge in [0.2, 0.25) is 11.6 Å². The summed E-state index contributed by atoms with van der Waals surface area (Å²) < 4.78 is 39.2. The Bertz CT molecular complexity index is 1260. The predicted molar refractivity (Wildman–Crippen MR) is 170 cm³/mol. The van der Waals surface area contributed by atoms with Gasteiger partial charge in [-0.3, -0.25) is 0 Å². The summed E-state index contributed by atoms with van der Waals surface area (Å²) >= 11 is 0. The molecule has 0 aromatic heterocycles. The van der Waals surface area contributed by atoms with Crippen molar-refractivity contribution in [1.29, 1.82) is 0 Å². The van der Waals surface area contributed by atoms with Gasteiger partial charge in [0.05, 0.1) is 13.2 Å². The lowest BCUT2D eigenvalue weighted by molar-refractivity contribution is -0.577. The molecular weight excluding hydrogens is 616 g/mol. The van der Waals surface area contributed by atoms with E-state index in [0.717, 1.165) is 49.7 Å². The quantitative estimate of drug-likeness (QED) is 0.291. The van der Waals surface area contributed by atoms with Crippen LogP contribution in [-0.4, -0.2) is 47.9 Å². The molecule has 8 heterocycles. The molecule has 11 rings (SSSR count). The van der Waals surface area contributed by atoms with Gasteiger partial charge in [-0.05, 0) is 87.2 Å². The van der Waals surface area contributed by atoms with E-state index in [4.69, 9.17) is 48.0 Å². The summed E-state index contributed by atoms with van der Waals surface area (Å²) in [5, 5.41) is 0. The zero-order valence-electron chi connectivity index (χ0n) is 29.4. The van der Waals surface area contributed by atoms with Crippen molar-refractivity contribution in [2.45, 2.75) is 154 Å². The lowest BCUT2D eigenvalue weighted by Gasteiger charge is -2.60. The number of hydrogen-bond donors (Lipinski definition) is 0. The van der Waals surface area contributed by atoms with Crippen molar-refractivity contribution in [3.05, 3.63) is 35.4 Å². The monoisotopic (exact) mass is 670 g/mol. The van der Waals surface area contributed by atoms with E-state index in [1.807, 2.05) is 13.8 Å². The highest BCUT2D eigenvalue weighted by Gasteiger charge is 2.71. The minimum Gasteiger partial charge on any atom is -0.348 e. The molecule has 266 valence electrons. The van der Waals surface area contributed by atoms with Gasteiger partial charge in [-0.15, -0.1) is 0 Å². The molecule has 10 heteroatoms. The van der Waals surface area contributed by atoms with Crippen LogP contribution in [0.4, 0.5) is 0 Å². The van der Waals surface area contributed by atoms with Crippen molar-refractivity contribution in [3.63, 3.8) is 0 Å². The average Bonchev–Trinajstić information content (AvgIpc) is 3.45. The van der Waals surface area contributed by atoms with Crippen molar-refractivity contribution < 1.29 is 48.0 Å². The second-order valence-electron chi connectivity index (χ2n) is 17.0. The fraction of sp³-hybridized carbons (Fsp3) is 0.842. The Hall–Kier alpha value is -1.18. The Morgan fingerprint density at radius 2 is 0.979 bits per heavy atom. The van der Waals surface area contributed by atoms with E-state index in [0.29, 0.717) is 36.9 Å². The third-order valence-corrected chi connectivity index (χ3v) is 14.0. The molecule has 1 aromatic rings. The molecule has 10 fully saturated rings. The smallest absolute Gasteiger partial charge is 0.201 e. The maximum absolute atomic E-state index is 6.61. The minimum absolute atomic E-state index is 0.144. The molecule has 8 saturated heterocycles. The first kappa shape index (κ1) is 32.7. The van der Waals surface area contributed by atoms with Crippen LogP contribution in [0, 0.1) is 47.3 Å². The maximum Gasteiger partial charge on any atom is 0.201 e. The molecule has 0 N–H and O–H groups in total. The van der Waals surface area contributed by atoms with Crippen LogP contribution >= 0.6 is 0 Å². The van der Waals surface area contributed by atoms with Gasteiger partial charge in [0.1, 0.15) is 0 Å². The summed E-state index contributed by atoms with van der Waals surface area (Å²) in [4.78, 5) is 24.5. The molecular formula is C38H54O10. The van der Waals surface area contributed by atoms with Gasteiger partial charge >= 0.3 is 0 Å². The summed E-state index contributed by atoms with van der Waals surface area (Å²) in [6, 6.07) is 8.45. The van der Waals surface area contributed by atoms with Crippen LogP contribution in [0.15, 0.2) is 24.3 Å². The van der Waals surface area contributed by atoms with E-state index < -0.39 is 35.4 Å². The van der Waals surface area contributed by atoms with E-state index in [1.165, 1.54) is 12.8 Å². The standard InChI is InChI=1S/C38H54O10/c1-21-7-13-29-23(3)31(41-33-37(29)27(21)15-17-35(5,43-33)45-47-37)39-19-25-9-11-26(12-10-25)20-40-32-24(4)30-14-8-22(2)28-16-18-36(6)44-34(42-32)38(28,30)48-46-36/h9-12,21-24,27-34H,7-8,13-20H2,1-6H3/t21-,22-,23-,24-,27?,28?,29?,30?,31?,32?,33?,34?,35+,36?,37+,38-/m1/s1. The van der Waals surface area contributed by atoms with E-state index in [-0.39, 0.29) is 36.3 Å². The Balaban J connectivity index is 0.839. The molecule has 48 heavy (non-hydrogen) atoms. The van der Waals surface area contributed by atoms with Crippen molar-refractivity contribution in [1.82, 2.24) is 0 Å². The van der Waals surface area contributed by atoms with Gasteiger partial charge in [0.15, 0.2) is 36.4 Å². The Labute approximate surface area is 284 Å². The zero-order chi connectivity index (χ0) is 33.1. The fourth-order valence-corrected chi connectivity index (χ4v) is 11.2. The molecule has 0 radical (unpaired) electrons. The van der Waals surface area contributed by atoms with Gasteiger partial charge in [-0.1, -0.05) is 52.0 Å². The van der Waals surface area contributed by atoms with Gasteiger partial charge in [-0.2, -0.15) is 0 Å². The molecule has 2 aliphatic carbocycles. The number of fused-ring (bicyclic) bond motifs is 4. The molecule has 9 unspecified atom stereocenters.